The third-order valence-electron chi connectivity index (χ3n) is 4.61. The lowest BCUT2D eigenvalue weighted by Gasteiger charge is -2.31. The first kappa shape index (κ1) is 13.2. The van der Waals surface area contributed by atoms with Gasteiger partial charge in [0.25, 0.3) is 0 Å². The van der Waals surface area contributed by atoms with Crippen molar-refractivity contribution in [3.8, 4) is 16.9 Å². The average molecular weight is 266 g/mol. The van der Waals surface area contributed by atoms with Gasteiger partial charge < -0.3 is 5.11 Å². The van der Waals surface area contributed by atoms with Crippen LogP contribution in [0.5, 0.6) is 5.75 Å². The Hall–Kier alpha value is -1.76. The van der Waals surface area contributed by atoms with E-state index in [1.807, 2.05) is 12.1 Å². The van der Waals surface area contributed by atoms with E-state index in [1.165, 1.54) is 22.3 Å². The van der Waals surface area contributed by atoms with Crippen molar-refractivity contribution in [2.75, 3.05) is 0 Å². The third-order valence-corrected chi connectivity index (χ3v) is 4.61. The minimum Gasteiger partial charge on any atom is -0.508 e. The van der Waals surface area contributed by atoms with Gasteiger partial charge >= 0.3 is 0 Å². The molecule has 0 saturated heterocycles. The standard InChI is InChI=1S/C19H22O/c1-3-11-19(12-4-2)17-8-6-5-7-15(17)16-10-9-14(20)13-18(16)19/h5-10,13,20H,3-4,11-12H2,1-2H3. The zero-order valence-electron chi connectivity index (χ0n) is 12.3. The molecule has 0 bridgehead atoms. The molecule has 1 aliphatic carbocycles. The van der Waals surface area contributed by atoms with Gasteiger partial charge in [-0.15, -0.1) is 0 Å². The highest BCUT2D eigenvalue weighted by Crippen LogP contribution is 2.54. The predicted octanol–water partition coefficient (Wildman–Crippen LogP) is 5.26. The van der Waals surface area contributed by atoms with E-state index >= 15 is 0 Å². The normalized spacial score (nSPS) is 14.9. The number of phenols is 1. The minimum absolute atomic E-state index is 0.0914. The molecule has 0 saturated carbocycles. The fourth-order valence-corrected chi connectivity index (χ4v) is 3.96. The molecule has 0 spiro atoms. The van der Waals surface area contributed by atoms with Crippen LogP contribution in [0.4, 0.5) is 0 Å². The Morgan fingerprint density at radius 1 is 0.850 bits per heavy atom. The smallest absolute Gasteiger partial charge is 0.115 e. The second kappa shape index (κ2) is 4.97. The van der Waals surface area contributed by atoms with Crippen LogP contribution < -0.4 is 0 Å². The fourth-order valence-electron chi connectivity index (χ4n) is 3.96. The van der Waals surface area contributed by atoms with Gasteiger partial charge in [0.05, 0.1) is 0 Å². The number of fused-ring (bicyclic) bond motifs is 3. The van der Waals surface area contributed by atoms with E-state index in [-0.39, 0.29) is 5.41 Å². The zero-order valence-corrected chi connectivity index (χ0v) is 12.3. The minimum atomic E-state index is 0.0914. The van der Waals surface area contributed by atoms with Crippen molar-refractivity contribution in [1.29, 1.82) is 0 Å². The highest BCUT2D eigenvalue weighted by molar-refractivity contribution is 5.81. The van der Waals surface area contributed by atoms with E-state index < -0.39 is 0 Å². The topological polar surface area (TPSA) is 20.2 Å². The third kappa shape index (κ3) is 1.76. The lowest BCUT2D eigenvalue weighted by Crippen LogP contribution is -2.24. The molecule has 1 aliphatic rings. The van der Waals surface area contributed by atoms with E-state index in [2.05, 4.69) is 44.2 Å². The summed E-state index contributed by atoms with van der Waals surface area (Å²) in [6.45, 7) is 4.50. The molecular formula is C19H22O. The van der Waals surface area contributed by atoms with E-state index in [9.17, 15) is 5.11 Å². The van der Waals surface area contributed by atoms with Crippen molar-refractivity contribution >= 4 is 0 Å². The molecule has 0 atom stereocenters. The summed E-state index contributed by atoms with van der Waals surface area (Å²) in [5, 5.41) is 9.94. The first-order chi connectivity index (χ1) is 9.73. The van der Waals surface area contributed by atoms with Gasteiger partial charge in [-0.05, 0) is 47.2 Å². The van der Waals surface area contributed by atoms with Gasteiger partial charge in [-0.2, -0.15) is 0 Å². The summed E-state index contributed by atoms with van der Waals surface area (Å²) in [6, 6.07) is 14.6. The Kier molecular flexibility index (Phi) is 3.29. The molecular weight excluding hydrogens is 244 g/mol. The Labute approximate surface area is 121 Å². The molecule has 1 nitrogen and oxygen atoms in total. The van der Waals surface area contributed by atoms with Crippen molar-refractivity contribution in [3.63, 3.8) is 0 Å². The summed E-state index contributed by atoms with van der Waals surface area (Å²) in [5.74, 6) is 0.383. The van der Waals surface area contributed by atoms with Crippen LogP contribution in [-0.2, 0) is 5.41 Å². The maximum Gasteiger partial charge on any atom is 0.115 e. The van der Waals surface area contributed by atoms with Crippen molar-refractivity contribution in [2.24, 2.45) is 0 Å². The molecule has 2 aromatic carbocycles. The second-order valence-electron chi connectivity index (χ2n) is 5.86. The maximum atomic E-state index is 9.94. The molecule has 20 heavy (non-hydrogen) atoms. The number of benzene rings is 2. The Balaban J connectivity index is 2.30. The van der Waals surface area contributed by atoms with Gasteiger partial charge in [0, 0.05) is 5.41 Å². The molecule has 1 heteroatoms. The molecule has 0 fully saturated rings. The predicted molar refractivity (Wildman–Crippen MR) is 84.1 cm³/mol. The monoisotopic (exact) mass is 266 g/mol. The molecule has 3 rings (SSSR count). The van der Waals surface area contributed by atoms with Gasteiger partial charge in [-0.1, -0.05) is 57.0 Å². The summed E-state index contributed by atoms with van der Waals surface area (Å²) in [6.07, 6.45) is 4.61. The maximum absolute atomic E-state index is 9.94. The van der Waals surface area contributed by atoms with Crippen molar-refractivity contribution < 1.29 is 5.11 Å². The quantitative estimate of drug-likeness (QED) is 0.800. The lowest BCUT2D eigenvalue weighted by molar-refractivity contribution is 0.429. The molecule has 0 aromatic heterocycles. The van der Waals surface area contributed by atoms with E-state index in [0.717, 1.165) is 25.7 Å². The summed E-state index contributed by atoms with van der Waals surface area (Å²) in [5.41, 5.74) is 5.52. The van der Waals surface area contributed by atoms with E-state index in [4.69, 9.17) is 0 Å². The molecule has 1 N–H and O–H groups in total. The van der Waals surface area contributed by atoms with Crippen molar-refractivity contribution in [1.82, 2.24) is 0 Å². The van der Waals surface area contributed by atoms with Gasteiger partial charge in [0.15, 0.2) is 0 Å². The Morgan fingerprint density at radius 3 is 2.20 bits per heavy atom. The molecule has 0 radical (unpaired) electrons. The SMILES string of the molecule is CCCC1(CCC)c2ccccc2-c2ccc(O)cc21. The lowest BCUT2D eigenvalue weighted by atomic mass is 9.71. The van der Waals surface area contributed by atoms with Crippen LogP contribution in [0.3, 0.4) is 0 Å². The zero-order chi connectivity index (χ0) is 14.2. The molecule has 2 aromatic rings. The van der Waals surface area contributed by atoms with Crippen LogP contribution in [0.2, 0.25) is 0 Å². The average Bonchev–Trinajstić information content (AvgIpc) is 2.71. The Bertz CT molecular complexity index is 621. The van der Waals surface area contributed by atoms with Crippen LogP contribution in [-0.4, -0.2) is 5.11 Å². The molecule has 0 aliphatic heterocycles. The summed E-state index contributed by atoms with van der Waals surface area (Å²) in [4.78, 5) is 0. The van der Waals surface area contributed by atoms with Gasteiger partial charge in [-0.3, -0.25) is 0 Å². The van der Waals surface area contributed by atoms with E-state index in [0.29, 0.717) is 5.75 Å². The van der Waals surface area contributed by atoms with E-state index in [1.54, 1.807) is 0 Å². The molecule has 0 amide bonds. The molecule has 0 unspecified atom stereocenters. The van der Waals surface area contributed by atoms with Crippen molar-refractivity contribution in [2.45, 2.75) is 44.9 Å². The summed E-state index contributed by atoms with van der Waals surface area (Å²) in [7, 11) is 0. The second-order valence-corrected chi connectivity index (χ2v) is 5.86. The highest BCUT2D eigenvalue weighted by Gasteiger charge is 2.41. The number of phenolic OH excluding ortho intramolecular Hbond substituents is 1. The number of aromatic hydroxyl groups is 1. The number of hydrogen-bond acceptors (Lipinski definition) is 1. The van der Waals surface area contributed by atoms with Crippen LogP contribution in [0, 0.1) is 0 Å². The van der Waals surface area contributed by atoms with Gasteiger partial charge in [-0.25, -0.2) is 0 Å². The fraction of sp³-hybridized carbons (Fsp3) is 0.368. The first-order valence-electron chi connectivity index (χ1n) is 7.66. The number of hydrogen-bond donors (Lipinski definition) is 1. The summed E-state index contributed by atoms with van der Waals surface area (Å²) < 4.78 is 0. The molecule has 0 heterocycles. The number of rotatable bonds is 4. The highest BCUT2D eigenvalue weighted by atomic mass is 16.3. The largest absolute Gasteiger partial charge is 0.508 e. The van der Waals surface area contributed by atoms with Crippen LogP contribution in [0.15, 0.2) is 42.5 Å². The van der Waals surface area contributed by atoms with Crippen LogP contribution >= 0.6 is 0 Å². The van der Waals surface area contributed by atoms with Crippen LogP contribution in [0.25, 0.3) is 11.1 Å². The summed E-state index contributed by atoms with van der Waals surface area (Å²) >= 11 is 0. The first-order valence-corrected chi connectivity index (χ1v) is 7.66. The Morgan fingerprint density at radius 2 is 1.50 bits per heavy atom. The van der Waals surface area contributed by atoms with Gasteiger partial charge in [0.1, 0.15) is 5.75 Å². The van der Waals surface area contributed by atoms with Crippen molar-refractivity contribution in [3.05, 3.63) is 53.6 Å². The molecule has 104 valence electrons. The van der Waals surface area contributed by atoms with Crippen LogP contribution in [0.1, 0.15) is 50.7 Å². The van der Waals surface area contributed by atoms with Gasteiger partial charge in [0.2, 0.25) is 0 Å².